The Morgan fingerprint density at radius 3 is 1.93 bits per heavy atom. The van der Waals surface area contributed by atoms with Crippen LogP contribution in [0.1, 0.15) is 16.7 Å². The summed E-state index contributed by atoms with van der Waals surface area (Å²) in [6.07, 6.45) is 1.92. The van der Waals surface area contributed by atoms with Gasteiger partial charge in [0.25, 0.3) is 0 Å². The number of rotatable bonds is 4. The number of anilines is 1. The van der Waals surface area contributed by atoms with Crippen LogP contribution in [0.15, 0.2) is 54.7 Å². The number of carbonyl (C=O) groups is 2. The van der Waals surface area contributed by atoms with E-state index in [1.54, 1.807) is 0 Å². The average molecular weight is 381 g/mol. The van der Waals surface area contributed by atoms with E-state index in [0.717, 1.165) is 18.2 Å². The van der Waals surface area contributed by atoms with Crippen molar-refractivity contribution < 1.29 is 19.8 Å². The van der Waals surface area contributed by atoms with Gasteiger partial charge >= 0.3 is 11.9 Å². The maximum absolute atomic E-state index is 9.10. The van der Waals surface area contributed by atoms with Gasteiger partial charge in [-0.1, -0.05) is 59.7 Å². The molecule has 0 amide bonds. The molecular weight excluding hydrogens is 358 g/mol. The van der Waals surface area contributed by atoms with Crippen LogP contribution in [0.4, 0.5) is 5.95 Å². The molecule has 0 fully saturated rings. The zero-order chi connectivity index (χ0) is 20.7. The Bertz CT molecular complexity index is 933. The number of benzene rings is 2. The number of carboxylic acids is 2. The van der Waals surface area contributed by atoms with Crippen molar-refractivity contribution in [2.75, 3.05) is 5.32 Å². The lowest BCUT2D eigenvalue weighted by Gasteiger charge is -2.09. The molecule has 1 heterocycles. The molecule has 3 rings (SSSR count). The third-order valence-electron chi connectivity index (χ3n) is 4.09. The van der Waals surface area contributed by atoms with E-state index in [4.69, 9.17) is 19.8 Å². The summed E-state index contributed by atoms with van der Waals surface area (Å²) in [6.45, 7) is 4.98. The Morgan fingerprint density at radius 1 is 0.929 bits per heavy atom. The summed E-state index contributed by atoms with van der Waals surface area (Å²) in [5.41, 5.74) is 6.10. The molecule has 146 valence electrons. The first kappa shape index (κ1) is 20.7. The van der Waals surface area contributed by atoms with Crippen LogP contribution in [0.25, 0.3) is 11.3 Å². The molecule has 0 bridgehead atoms. The molecule has 0 aliphatic carbocycles. The monoisotopic (exact) mass is 381 g/mol. The number of hydrogen-bond donors (Lipinski definition) is 3. The molecule has 0 unspecified atom stereocenters. The highest BCUT2D eigenvalue weighted by atomic mass is 16.4. The van der Waals surface area contributed by atoms with Crippen molar-refractivity contribution in [1.29, 1.82) is 0 Å². The molecule has 2 aromatic carbocycles. The SMILES string of the molecule is Cc1ccc(CNc2ncc(-c3ccc(C)cc3)n2C)cc1.O=C(O)C(=O)O. The molecule has 3 aromatic rings. The molecule has 7 heteroatoms. The lowest BCUT2D eigenvalue weighted by Crippen LogP contribution is -2.09. The summed E-state index contributed by atoms with van der Waals surface area (Å²) in [6, 6.07) is 17.1. The first-order valence-electron chi connectivity index (χ1n) is 8.62. The number of aliphatic carboxylic acids is 2. The Hall–Kier alpha value is -3.61. The number of aromatic nitrogens is 2. The Kier molecular flexibility index (Phi) is 6.92. The van der Waals surface area contributed by atoms with Gasteiger partial charge in [0.05, 0.1) is 11.9 Å². The molecule has 0 spiro atoms. The van der Waals surface area contributed by atoms with Crippen molar-refractivity contribution >= 4 is 17.9 Å². The molecule has 0 aliphatic heterocycles. The topological polar surface area (TPSA) is 104 Å². The second-order valence-corrected chi connectivity index (χ2v) is 6.34. The smallest absolute Gasteiger partial charge is 0.414 e. The number of nitrogens with zero attached hydrogens (tertiary/aromatic N) is 2. The fraction of sp³-hybridized carbons (Fsp3) is 0.190. The van der Waals surface area contributed by atoms with E-state index in [1.165, 1.54) is 22.3 Å². The number of nitrogens with one attached hydrogen (secondary N) is 1. The van der Waals surface area contributed by atoms with Crippen LogP contribution in [-0.4, -0.2) is 31.7 Å². The molecule has 0 saturated carbocycles. The highest BCUT2D eigenvalue weighted by Crippen LogP contribution is 2.22. The molecular formula is C21H23N3O4. The van der Waals surface area contributed by atoms with Gasteiger partial charge in [0, 0.05) is 13.6 Å². The van der Waals surface area contributed by atoms with Gasteiger partial charge in [-0.3, -0.25) is 0 Å². The first-order chi connectivity index (χ1) is 13.3. The number of carboxylic acid groups (broad SMARTS) is 2. The van der Waals surface area contributed by atoms with E-state index in [0.29, 0.717) is 0 Å². The van der Waals surface area contributed by atoms with Crippen LogP contribution in [-0.2, 0) is 23.2 Å². The summed E-state index contributed by atoms with van der Waals surface area (Å²) < 4.78 is 2.10. The van der Waals surface area contributed by atoms with Crippen molar-refractivity contribution in [2.45, 2.75) is 20.4 Å². The minimum Gasteiger partial charge on any atom is -0.473 e. The summed E-state index contributed by atoms with van der Waals surface area (Å²) in [5.74, 6) is -2.76. The van der Waals surface area contributed by atoms with Crippen LogP contribution in [0.2, 0.25) is 0 Å². The van der Waals surface area contributed by atoms with Crippen molar-refractivity contribution in [1.82, 2.24) is 9.55 Å². The summed E-state index contributed by atoms with van der Waals surface area (Å²) in [4.78, 5) is 22.7. The van der Waals surface area contributed by atoms with E-state index in [1.807, 2.05) is 13.2 Å². The number of hydrogen-bond acceptors (Lipinski definition) is 4. The van der Waals surface area contributed by atoms with Crippen molar-refractivity contribution in [3.63, 3.8) is 0 Å². The van der Waals surface area contributed by atoms with Gasteiger partial charge in [0.15, 0.2) is 0 Å². The zero-order valence-corrected chi connectivity index (χ0v) is 16.0. The molecule has 7 nitrogen and oxygen atoms in total. The van der Waals surface area contributed by atoms with Gasteiger partial charge in [-0.2, -0.15) is 0 Å². The molecule has 0 radical (unpaired) electrons. The maximum atomic E-state index is 9.10. The van der Waals surface area contributed by atoms with Crippen molar-refractivity contribution in [3.8, 4) is 11.3 Å². The summed E-state index contributed by atoms with van der Waals surface area (Å²) in [5, 5.41) is 18.2. The molecule has 0 aliphatic rings. The fourth-order valence-corrected chi connectivity index (χ4v) is 2.45. The predicted molar refractivity (Wildman–Crippen MR) is 107 cm³/mol. The number of imidazole rings is 1. The van der Waals surface area contributed by atoms with Gasteiger partial charge in [-0.05, 0) is 25.0 Å². The van der Waals surface area contributed by atoms with E-state index >= 15 is 0 Å². The molecule has 3 N–H and O–H groups in total. The Morgan fingerprint density at radius 2 is 1.43 bits per heavy atom. The van der Waals surface area contributed by atoms with Crippen molar-refractivity contribution in [3.05, 3.63) is 71.4 Å². The average Bonchev–Trinajstić information content (AvgIpc) is 3.03. The van der Waals surface area contributed by atoms with Crippen LogP contribution in [0.5, 0.6) is 0 Å². The molecule has 28 heavy (non-hydrogen) atoms. The standard InChI is InChI=1S/C19H21N3.C2H2O4/c1-14-4-8-16(9-5-14)12-20-19-21-13-18(22(19)3)17-10-6-15(2)7-11-17;3-1(4)2(5)6/h4-11,13H,12H2,1-3H3,(H,20,21);(H,3,4)(H,5,6). The largest absolute Gasteiger partial charge is 0.473 e. The normalized spacial score (nSPS) is 9.96. The predicted octanol–water partition coefficient (Wildman–Crippen LogP) is 3.47. The third kappa shape index (κ3) is 5.70. The Labute approximate surface area is 163 Å². The van der Waals surface area contributed by atoms with Gasteiger partial charge in [-0.15, -0.1) is 0 Å². The molecule has 0 saturated heterocycles. The quantitative estimate of drug-likeness (QED) is 0.598. The van der Waals surface area contributed by atoms with Crippen LogP contribution in [0.3, 0.4) is 0 Å². The second kappa shape index (κ2) is 9.36. The zero-order valence-electron chi connectivity index (χ0n) is 16.0. The lowest BCUT2D eigenvalue weighted by molar-refractivity contribution is -0.159. The third-order valence-corrected chi connectivity index (χ3v) is 4.09. The van der Waals surface area contributed by atoms with Gasteiger partial charge < -0.3 is 20.1 Å². The Balaban J connectivity index is 0.000000409. The minimum atomic E-state index is -1.82. The molecule has 0 atom stereocenters. The second-order valence-electron chi connectivity index (χ2n) is 6.34. The first-order valence-corrected chi connectivity index (χ1v) is 8.62. The van der Waals surface area contributed by atoms with E-state index < -0.39 is 11.9 Å². The highest BCUT2D eigenvalue weighted by molar-refractivity contribution is 6.27. The van der Waals surface area contributed by atoms with Crippen LogP contribution >= 0.6 is 0 Å². The summed E-state index contributed by atoms with van der Waals surface area (Å²) >= 11 is 0. The number of aryl methyl sites for hydroxylation is 2. The maximum Gasteiger partial charge on any atom is 0.414 e. The summed E-state index contributed by atoms with van der Waals surface area (Å²) in [7, 11) is 2.04. The highest BCUT2D eigenvalue weighted by Gasteiger charge is 2.08. The van der Waals surface area contributed by atoms with E-state index in [-0.39, 0.29) is 0 Å². The van der Waals surface area contributed by atoms with Gasteiger partial charge in [-0.25, -0.2) is 14.6 Å². The van der Waals surface area contributed by atoms with E-state index in [2.05, 4.69) is 77.2 Å². The molecule has 1 aromatic heterocycles. The van der Waals surface area contributed by atoms with Gasteiger partial charge in [0.2, 0.25) is 5.95 Å². The van der Waals surface area contributed by atoms with Gasteiger partial charge in [0.1, 0.15) is 0 Å². The lowest BCUT2D eigenvalue weighted by atomic mass is 10.1. The minimum absolute atomic E-state index is 0.776. The fourth-order valence-electron chi connectivity index (χ4n) is 2.45. The van der Waals surface area contributed by atoms with Crippen LogP contribution in [0, 0.1) is 13.8 Å². The van der Waals surface area contributed by atoms with Crippen LogP contribution < -0.4 is 5.32 Å². The van der Waals surface area contributed by atoms with E-state index in [9.17, 15) is 0 Å². The van der Waals surface area contributed by atoms with Crippen molar-refractivity contribution in [2.24, 2.45) is 7.05 Å².